The van der Waals surface area contributed by atoms with E-state index in [4.69, 9.17) is 5.11 Å². The molecule has 0 aliphatic heterocycles. The predicted octanol–water partition coefficient (Wildman–Crippen LogP) is 1.29. The summed E-state index contributed by atoms with van der Waals surface area (Å²) in [6, 6.07) is 0. The topological polar surface area (TPSA) is 37.3 Å². The molecular weight excluding hydrogens is 128 g/mol. The van der Waals surface area contributed by atoms with E-state index in [-0.39, 0.29) is 6.61 Å². The highest BCUT2D eigenvalue weighted by molar-refractivity contribution is 5.48. The van der Waals surface area contributed by atoms with E-state index >= 15 is 0 Å². The molecule has 0 radical (unpaired) electrons. The molecule has 2 heteroatoms. The van der Waals surface area contributed by atoms with Crippen molar-refractivity contribution < 1.29 is 9.90 Å². The van der Waals surface area contributed by atoms with E-state index in [1.165, 1.54) is 0 Å². The van der Waals surface area contributed by atoms with Gasteiger partial charge in [-0.2, -0.15) is 0 Å². The highest BCUT2D eigenvalue weighted by Crippen LogP contribution is 1.97. The lowest BCUT2D eigenvalue weighted by molar-refractivity contribution is -0.107. The summed E-state index contributed by atoms with van der Waals surface area (Å²) in [7, 11) is 0. The third-order valence-electron chi connectivity index (χ3n) is 1.21. The Bertz CT molecular complexity index is 97.4. The van der Waals surface area contributed by atoms with E-state index in [9.17, 15) is 4.79 Å². The van der Waals surface area contributed by atoms with Crippen LogP contribution in [0.2, 0.25) is 0 Å². The molecule has 0 spiro atoms. The summed E-state index contributed by atoms with van der Waals surface area (Å²) in [6.07, 6.45) is 8.22. The molecule has 0 rings (SSSR count). The Balaban J connectivity index is 2.89. The third-order valence-corrected chi connectivity index (χ3v) is 1.21. The molecule has 0 saturated heterocycles. The lowest BCUT2D eigenvalue weighted by Crippen LogP contribution is -1.77. The first-order valence-electron chi connectivity index (χ1n) is 3.61. The smallest absolute Gasteiger partial charge is 0.119 e. The third kappa shape index (κ3) is 7.37. The van der Waals surface area contributed by atoms with E-state index in [2.05, 4.69) is 0 Å². The zero-order valence-corrected chi connectivity index (χ0v) is 6.12. The molecule has 0 aromatic rings. The van der Waals surface area contributed by atoms with Crippen molar-refractivity contribution in [2.45, 2.75) is 25.7 Å². The Labute approximate surface area is 61.6 Å². The van der Waals surface area contributed by atoms with Crippen molar-refractivity contribution in [1.29, 1.82) is 0 Å². The van der Waals surface area contributed by atoms with Crippen LogP contribution in [0.25, 0.3) is 0 Å². The van der Waals surface area contributed by atoms with Crippen LogP contribution < -0.4 is 0 Å². The Hall–Kier alpha value is -0.630. The average Bonchev–Trinajstić information content (AvgIpc) is 1.97. The van der Waals surface area contributed by atoms with Crippen LogP contribution in [0.4, 0.5) is 0 Å². The number of aliphatic hydroxyl groups is 1. The van der Waals surface area contributed by atoms with E-state index in [0.717, 1.165) is 25.5 Å². The second-order valence-corrected chi connectivity index (χ2v) is 2.11. The molecule has 0 fully saturated rings. The van der Waals surface area contributed by atoms with Crippen LogP contribution in [0.3, 0.4) is 0 Å². The van der Waals surface area contributed by atoms with Gasteiger partial charge in [0.1, 0.15) is 6.29 Å². The zero-order valence-electron chi connectivity index (χ0n) is 6.12. The van der Waals surface area contributed by atoms with Crippen molar-refractivity contribution >= 4 is 6.29 Å². The Morgan fingerprint density at radius 3 is 2.40 bits per heavy atom. The van der Waals surface area contributed by atoms with Crippen molar-refractivity contribution in [2.24, 2.45) is 0 Å². The van der Waals surface area contributed by atoms with Crippen LogP contribution >= 0.6 is 0 Å². The standard InChI is InChI=1S/C8H14O2/c9-7-5-3-1-2-4-6-8-10/h3,5,8-9H,1-2,4,6-7H2. The molecule has 0 heterocycles. The number of hydrogen-bond acceptors (Lipinski definition) is 2. The van der Waals surface area contributed by atoms with Gasteiger partial charge in [0, 0.05) is 6.42 Å². The second kappa shape index (κ2) is 8.37. The molecular formula is C8H14O2. The number of carbonyl (C=O) groups is 1. The fraction of sp³-hybridized carbons (Fsp3) is 0.625. The van der Waals surface area contributed by atoms with E-state index in [0.29, 0.717) is 6.42 Å². The van der Waals surface area contributed by atoms with Crippen LogP contribution in [-0.2, 0) is 4.79 Å². The zero-order chi connectivity index (χ0) is 7.66. The van der Waals surface area contributed by atoms with Gasteiger partial charge in [0.25, 0.3) is 0 Å². The van der Waals surface area contributed by atoms with E-state index < -0.39 is 0 Å². The molecule has 2 nitrogen and oxygen atoms in total. The lowest BCUT2D eigenvalue weighted by atomic mass is 10.2. The van der Waals surface area contributed by atoms with Crippen LogP contribution in [0.15, 0.2) is 12.2 Å². The minimum atomic E-state index is 0.119. The number of aliphatic hydroxyl groups excluding tert-OH is 1. The summed E-state index contributed by atoms with van der Waals surface area (Å²) in [4.78, 5) is 9.84. The predicted molar refractivity (Wildman–Crippen MR) is 40.8 cm³/mol. The van der Waals surface area contributed by atoms with Crippen molar-refractivity contribution in [3.8, 4) is 0 Å². The minimum Gasteiger partial charge on any atom is -0.392 e. The van der Waals surface area contributed by atoms with Gasteiger partial charge in [-0.25, -0.2) is 0 Å². The summed E-state index contributed by atoms with van der Waals surface area (Å²) in [5, 5.41) is 8.33. The maximum absolute atomic E-state index is 9.84. The summed E-state index contributed by atoms with van der Waals surface area (Å²) in [6.45, 7) is 0.119. The summed E-state index contributed by atoms with van der Waals surface area (Å²) in [5.74, 6) is 0. The summed E-state index contributed by atoms with van der Waals surface area (Å²) < 4.78 is 0. The molecule has 0 unspecified atom stereocenters. The maximum atomic E-state index is 9.84. The molecule has 58 valence electrons. The fourth-order valence-corrected chi connectivity index (χ4v) is 0.682. The van der Waals surface area contributed by atoms with Crippen molar-refractivity contribution in [3.05, 3.63) is 12.2 Å². The van der Waals surface area contributed by atoms with Gasteiger partial charge in [0.15, 0.2) is 0 Å². The number of unbranched alkanes of at least 4 members (excludes halogenated alkanes) is 3. The fourth-order valence-electron chi connectivity index (χ4n) is 0.682. The molecule has 10 heavy (non-hydrogen) atoms. The number of allylic oxidation sites excluding steroid dienone is 1. The van der Waals surface area contributed by atoms with Gasteiger partial charge in [0.05, 0.1) is 6.61 Å². The molecule has 0 aromatic carbocycles. The van der Waals surface area contributed by atoms with Gasteiger partial charge in [0.2, 0.25) is 0 Å². The van der Waals surface area contributed by atoms with Gasteiger partial charge in [-0.3, -0.25) is 0 Å². The number of hydrogen-bond donors (Lipinski definition) is 1. The van der Waals surface area contributed by atoms with Gasteiger partial charge >= 0.3 is 0 Å². The molecule has 0 bridgehead atoms. The summed E-state index contributed by atoms with van der Waals surface area (Å²) >= 11 is 0. The van der Waals surface area contributed by atoms with Crippen molar-refractivity contribution in [2.75, 3.05) is 6.61 Å². The number of aldehydes is 1. The lowest BCUT2D eigenvalue weighted by Gasteiger charge is -1.89. The van der Waals surface area contributed by atoms with Crippen molar-refractivity contribution in [3.63, 3.8) is 0 Å². The van der Waals surface area contributed by atoms with Crippen LogP contribution in [0.1, 0.15) is 25.7 Å². The first-order valence-corrected chi connectivity index (χ1v) is 3.61. The first kappa shape index (κ1) is 9.37. The largest absolute Gasteiger partial charge is 0.392 e. The second-order valence-electron chi connectivity index (χ2n) is 2.11. The molecule has 0 atom stereocenters. The molecule has 0 aliphatic rings. The van der Waals surface area contributed by atoms with Gasteiger partial charge < -0.3 is 9.90 Å². The van der Waals surface area contributed by atoms with E-state index in [1.807, 2.05) is 6.08 Å². The Morgan fingerprint density at radius 1 is 1.10 bits per heavy atom. The Morgan fingerprint density at radius 2 is 1.80 bits per heavy atom. The first-order chi connectivity index (χ1) is 4.91. The minimum absolute atomic E-state index is 0.119. The molecule has 0 aromatic heterocycles. The van der Waals surface area contributed by atoms with Gasteiger partial charge in [-0.05, 0) is 19.3 Å². The van der Waals surface area contributed by atoms with Gasteiger partial charge in [-0.1, -0.05) is 12.2 Å². The molecule has 1 N–H and O–H groups in total. The van der Waals surface area contributed by atoms with E-state index in [1.54, 1.807) is 6.08 Å². The maximum Gasteiger partial charge on any atom is 0.119 e. The normalized spacial score (nSPS) is 10.5. The molecule has 0 amide bonds. The SMILES string of the molecule is O=CCCCCC=CCO. The van der Waals surface area contributed by atoms with Gasteiger partial charge in [-0.15, -0.1) is 0 Å². The summed E-state index contributed by atoms with van der Waals surface area (Å²) in [5.41, 5.74) is 0. The van der Waals surface area contributed by atoms with Crippen molar-refractivity contribution in [1.82, 2.24) is 0 Å². The monoisotopic (exact) mass is 142 g/mol. The highest BCUT2D eigenvalue weighted by Gasteiger charge is 1.83. The average molecular weight is 142 g/mol. The molecule has 0 saturated carbocycles. The van der Waals surface area contributed by atoms with Crippen LogP contribution in [0, 0.1) is 0 Å². The Kier molecular flexibility index (Phi) is 7.84. The highest BCUT2D eigenvalue weighted by atomic mass is 16.2. The quantitative estimate of drug-likeness (QED) is 0.345. The van der Waals surface area contributed by atoms with Crippen LogP contribution in [0.5, 0.6) is 0 Å². The number of carbonyl (C=O) groups excluding carboxylic acids is 1. The molecule has 0 aliphatic carbocycles. The van der Waals surface area contributed by atoms with Crippen LogP contribution in [-0.4, -0.2) is 18.0 Å². The number of rotatable bonds is 6.